The molecule has 2 rings (SSSR count). The van der Waals surface area contributed by atoms with Gasteiger partial charge >= 0.3 is 5.69 Å². The summed E-state index contributed by atoms with van der Waals surface area (Å²) in [6, 6.07) is 8.43. The lowest BCUT2D eigenvalue weighted by molar-refractivity contribution is 0.0949. The molecule has 0 bridgehead atoms. The van der Waals surface area contributed by atoms with E-state index in [4.69, 9.17) is 23.2 Å². The number of aromatic nitrogens is 2. The molecule has 0 saturated heterocycles. The van der Waals surface area contributed by atoms with Gasteiger partial charge in [-0.25, -0.2) is 10.2 Å². The van der Waals surface area contributed by atoms with Crippen LogP contribution < -0.4 is 21.6 Å². The number of carbonyl (C=O) groups is 1. The number of amides is 1. The van der Waals surface area contributed by atoms with E-state index < -0.39 is 17.2 Å². The number of hydrogen-bond acceptors (Lipinski definition) is 5. The molecule has 26 heavy (non-hydrogen) atoms. The predicted molar refractivity (Wildman–Crippen MR) is 103 cm³/mol. The van der Waals surface area contributed by atoms with E-state index in [2.05, 4.69) is 20.4 Å². The van der Waals surface area contributed by atoms with Crippen LogP contribution in [0.3, 0.4) is 0 Å². The van der Waals surface area contributed by atoms with E-state index in [9.17, 15) is 14.4 Å². The van der Waals surface area contributed by atoms with Gasteiger partial charge in [0.15, 0.2) is 0 Å². The zero-order valence-electron chi connectivity index (χ0n) is 13.7. The number of hydrazone groups is 1. The normalized spacial score (nSPS) is 10.8. The van der Waals surface area contributed by atoms with Crippen molar-refractivity contribution in [2.75, 3.05) is 29.7 Å². The Morgan fingerprint density at radius 2 is 1.77 bits per heavy atom. The number of hydrogen-bond donors (Lipinski definition) is 3. The predicted octanol–water partition coefficient (Wildman–Crippen LogP) is 1.11. The average molecular weight is 398 g/mol. The molecule has 0 unspecified atom stereocenters. The molecule has 0 aliphatic rings. The summed E-state index contributed by atoms with van der Waals surface area (Å²) in [7, 11) is 0. The first kappa shape index (κ1) is 19.7. The van der Waals surface area contributed by atoms with Gasteiger partial charge in [-0.3, -0.25) is 14.6 Å². The third kappa shape index (κ3) is 5.75. The molecule has 138 valence electrons. The highest BCUT2D eigenvalue weighted by Gasteiger charge is 2.07. The Labute approximate surface area is 158 Å². The number of nitrogens with one attached hydrogen (secondary N) is 3. The molecule has 3 N–H and O–H groups in total. The smallest absolute Gasteiger partial charge is 0.326 e. The average Bonchev–Trinajstić information content (AvgIpc) is 2.61. The summed E-state index contributed by atoms with van der Waals surface area (Å²) in [6.07, 6.45) is 1.44. The summed E-state index contributed by atoms with van der Waals surface area (Å²) in [4.78, 5) is 40.4. The fourth-order valence-electron chi connectivity index (χ4n) is 2.16. The number of benzene rings is 1. The second kappa shape index (κ2) is 9.79. The Hall–Kier alpha value is -2.58. The number of aromatic amines is 2. The highest BCUT2D eigenvalue weighted by Crippen LogP contribution is 2.14. The topological polar surface area (TPSA) is 110 Å². The molecule has 0 radical (unpaired) electrons. The highest BCUT2D eigenvalue weighted by molar-refractivity contribution is 6.18. The standard InChI is InChI=1S/C16H17Cl2N5O3/c17-5-7-23(8-6-18)12-3-1-11(2-4-12)10-19-22-15(25)13-9-14(24)21-16(26)20-13/h1-4,9-10H,5-8H2,(H,22,25)(H2,20,21,24,26)/b19-10+. The highest BCUT2D eigenvalue weighted by atomic mass is 35.5. The Kier molecular flexibility index (Phi) is 7.43. The van der Waals surface area contributed by atoms with Crippen molar-refractivity contribution in [1.29, 1.82) is 0 Å². The first-order valence-electron chi connectivity index (χ1n) is 7.67. The SMILES string of the molecule is O=C(N/N=C/c1ccc(N(CCCl)CCCl)cc1)c1cc(=O)[nH]c(=O)[nH]1. The van der Waals surface area contributed by atoms with Gasteiger partial charge < -0.3 is 9.88 Å². The van der Waals surface area contributed by atoms with Crippen molar-refractivity contribution in [3.05, 3.63) is 62.4 Å². The third-order valence-corrected chi connectivity index (χ3v) is 3.69. The van der Waals surface area contributed by atoms with Gasteiger partial charge in [-0.05, 0) is 17.7 Å². The molecule has 2 aromatic rings. The van der Waals surface area contributed by atoms with Crippen LogP contribution in [0.1, 0.15) is 16.1 Å². The van der Waals surface area contributed by atoms with Crippen LogP contribution in [0.25, 0.3) is 0 Å². The van der Waals surface area contributed by atoms with Crippen molar-refractivity contribution < 1.29 is 4.79 Å². The Morgan fingerprint density at radius 3 is 2.35 bits per heavy atom. The van der Waals surface area contributed by atoms with Crippen molar-refractivity contribution in [3.63, 3.8) is 0 Å². The summed E-state index contributed by atoms with van der Waals surface area (Å²) in [5.41, 5.74) is 2.37. The van der Waals surface area contributed by atoms with Crippen molar-refractivity contribution in [3.8, 4) is 0 Å². The second-order valence-corrected chi connectivity index (χ2v) is 5.91. The quantitative estimate of drug-likeness (QED) is 0.352. The molecule has 0 aliphatic carbocycles. The maximum Gasteiger partial charge on any atom is 0.326 e. The molecule has 0 saturated carbocycles. The van der Waals surface area contributed by atoms with Crippen LogP contribution in [0.5, 0.6) is 0 Å². The second-order valence-electron chi connectivity index (χ2n) is 5.16. The van der Waals surface area contributed by atoms with Gasteiger partial charge in [-0.15, -0.1) is 23.2 Å². The first-order chi connectivity index (χ1) is 12.5. The fraction of sp³-hybridized carbons (Fsp3) is 0.250. The third-order valence-electron chi connectivity index (χ3n) is 3.35. The van der Waals surface area contributed by atoms with Crippen molar-refractivity contribution >= 4 is 41.0 Å². The maximum absolute atomic E-state index is 11.8. The van der Waals surface area contributed by atoms with Gasteiger partial charge in [0.1, 0.15) is 5.69 Å². The molecule has 1 aromatic heterocycles. The van der Waals surface area contributed by atoms with E-state index in [-0.39, 0.29) is 5.69 Å². The Bertz CT molecular complexity index is 842. The summed E-state index contributed by atoms with van der Waals surface area (Å²) < 4.78 is 0. The lowest BCUT2D eigenvalue weighted by Gasteiger charge is -2.22. The van der Waals surface area contributed by atoms with Crippen LogP contribution in [0, 0.1) is 0 Å². The number of carbonyl (C=O) groups excluding carboxylic acids is 1. The molecule has 0 fully saturated rings. The van der Waals surface area contributed by atoms with Crippen molar-refractivity contribution in [2.45, 2.75) is 0 Å². The summed E-state index contributed by atoms with van der Waals surface area (Å²) >= 11 is 11.6. The number of halogens is 2. The van der Waals surface area contributed by atoms with Crippen LogP contribution in [-0.2, 0) is 0 Å². The van der Waals surface area contributed by atoms with E-state index in [0.717, 1.165) is 17.3 Å². The molecule has 8 nitrogen and oxygen atoms in total. The van der Waals surface area contributed by atoms with Crippen molar-refractivity contribution in [2.24, 2.45) is 5.10 Å². The van der Waals surface area contributed by atoms with E-state index in [1.807, 2.05) is 29.2 Å². The van der Waals surface area contributed by atoms with Gasteiger partial charge in [0.05, 0.1) is 6.21 Å². The van der Waals surface area contributed by atoms with Gasteiger partial charge in [0.25, 0.3) is 11.5 Å². The molecule has 1 amide bonds. The van der Waals surface area contributed by atoms with Gasteiger partial charge in [0, 0.05) is 36.6 Å². The molecule has 0 spiro atoms. The van der Waals surface area contributed by atoms with Gasteiger partial charge in [-0.2, -0.15) is 5.10 Å². The number of anilines is 1. The van der Waals surface area contributed by atoms with Crippen molar-refractivity contribution in [1.82, 2.24) is 15.4 Å². The minimum Gasteiger partial charge on any atom is -0.369 e. The number of nitrogens with zero attached hydrogens (tertiary/aromatic N) is 2. The van der Waals surface area contributed by atoms with Gasteiger partial charge in [0.2, 0.25) is 0 Å². The molecular weight excluding hydrogens is 381 g/mol. The van der Waals surface area contributed by atoms with E-state index in [0.29, 0.717) is 24.8 Å². The number of H-pyrrole nitrogens is 2. The zero-order chi connectivity index (χ0) is 18.9. The number of rotatable bonds is 8. The Balaban J connectivity index is 2.00. The Morgan fingerprint density at radius 1 is 1.12 bits per heavy atom. The van der Waals surface area contributed by atoms with Crippen LogP contribution in [0.4, 0.5) is 5.69 Å². The molecule has 0 atom stereocenters. The monoisotopic (exact) mass is 397 g/mol. The summed E-state index contributed by atoms with van der Waals surface area (Å²) in [5, 5.41) is 3.81. The maximum atomic E-state index is 11.8. The van der Waals surface area contributed by atoms with E-state index >= 15 is 0 Å². The lowest BCUT2D eigenvalue weighted by atomic mass is 10.2. The zero-order valence-corrected chi connectivity index (χ0v) is 15.2. The van der Waals surface area contributed by atoms with E-state index in [1.54, 1.807) is 0 Å². The summed E-state index contributed by atoms with van der Waals surface area (Å²) in [5.74, 6) is 0.295. The van der Waals surface area contributed by atoms with Crippen LogP contribution in [0.15, 0.2) is 45.0 Å². The molecule has 0 aliphatic heterocycles. The largest absolute Gasteiger partial charge is 0.369 e. The minimum atomic E-state index is -0.763. The van der Waals surface area contributed by atoms with Crippen LogP contribution in [0.2, 0.25) is 0 Å². The number of alkyl halides is 2. The molecule has 10 heteroatoms. The minimum absolute atomic E-state index is 0.177. The summed E-state index contributed by atoms with van der Waals surface area (Å²) in [6.45, 7) is 1.37. The fourth-order valence-corrected chi connectivity index (χ4v) is 2.57. The molecule has 1 heterocycles. The molecular formula is C16H17Cl2N5O3. The van der Waals surface area contributed by atoms with Crippen LogP contribution in [-0.4, -0.2) is 46.9 Å². The lowest BCUT2D eigenvalue weighted by Crippen LogP contribution is -2.28. The first-order valence-corrected chi connectivity index (χ1v) is 8.74. The molecule has 1 aromatic carbocycles. The van der Waals surface area contributed by atoms with E-state index in [1.165, 1.54) is 6.21 Å². The van der Waals surface area contributed by atoms with Crippen LogP contribution >= 0.6 is 23.2 Å². The van der Waals surface area contributed by atoms with Gasteiger partial charge in [-0.1, -0.05) is 12.1 Å².